The first-order valence-electron chi connectivity index (χ1n) is 7.64. The third kappa shape index (κ3) is 3.33. The summed E-state index contributed by atoms with van der Waals surface area (Å²) in [6.07, 6.45) is 4.09. The average Bonchev–Trinajstić information content (AvgIpc) is 2.56. The van der Waals surface area contributed by atoms with Gasteiger partial charge in [0, 0.05) is 31.1 Å². The van der Waals surface area contributed by atoms with Crippen molar-refractivity contribution in [1.29, 1.82) is 0 Å². The molecule has 1 saturated heterocycles. The van der Waals surface area contributed by atoms with Gasteiger partial charge in [0.05, 0.1) is 5.92 Å². The van der Waals surface area contributed by atoms with E-state index in [1.165, 1.54) is 11.1 Å². The molecular formula is C17H19ClN2O2. The number of carbonyl (C=O) groups excluding carboxylic acids is 2. The third-order valence-electron chi connectivity index (χ3n) is 4.35. The van der Waals surface area contributed by atoms with Gasteiger partial charge in [0.1, 0.15) is 0 Å². The van der Waals surface area contributed by atoms with E-state index in [1.807, 2.05) is 29.2 Å². The van der Waals surface area contributed by atoms with Gasteiger partial charge in [-0.15, -0.1) is 0 Å². The highest BCUT2D eigenvalue weighted by Crippen LogP contribution is 2.25. The van der Waals surface area contributed by atoms with Gasteiger partial charge in [-0.3, -0.25) is 9.59 Å². The zero-order valence-electron chi connectivity index (χ0n) is 12.3. The van der Waals surface area contributed by atoms with Gasteiger partial charge in [0.2, 0.25) is 11.8 Å². The molecule has 0 bridgehead atoms. The number of piperidine rings is 1. The van der Waals surface area contributed by atoms with Crippen molar-refractivity contribution in [2.24, 2.45) is 5.92 Å². The molecule has 0 unspecified atom stereocenters. The topological polar surface area (TPSA) is 49.4 Å². The quantitative estimate of drug-likeness (QED) is 0.910. The Kier molecular flexibility index (Phi) is 4.48. The molecule has 0 saturated carbocycles. The van der Waals surface area contributed by atoms with Crippen LogP contribution in [0.15, 0.2) is 30.3 Å². The molecule has 116 valence electrons. The van der Waals surface area contributed by atoms with Gasteiger partial charge in [-0.2, -0.15) is 0 Å². The number of rotatable bonds is 2. The number of hydrogen-bond acceptors (Lipinski definition) is 2. The monoisotopic (exact) mass is 318 g/mol. The van der Waals surface area contributed by atoms with Gasteiger partial charge < -0.3 is 10.2 Å². The van der Waals surface area contributed by atoms with Crippen LogP contribution in [-0.2, 0) is 9.59 Å². The van der Waals surface area contributed by atoms with Gasteiger partial charge in [-0.05, 0) is 36.1 Å². The predicted octanol–water partition coefficient (Wildman–Crippen LogP) is 2.48. The summed E-state index contributed by atoms with van der Waals surface area (Å²) in [5.41, 5.74) is 2.43. The molecule has 0 aliphatic carbocycles. The third-order valence-corrected chi connectivity index (χ3v) is 4.60. The summed E-state index contributed by atoms with van der Waals surface area (Å²) in [6, 6.07) is 7.81. The highest BCUT2D eigenvalue weighted by Gasteiger charge is 2.29. The first kappa shape index (κ1) is 15.1. The summed E-state index contributed by atoms with van der Waals surface area (Å²) in [7, 11) is 0. The summed E-state index contributed by atoms with van der Waals surface area (Å²) in [6.45, 7) is 1.85. The average molecular weight is 319 g/mol. The smallest absolute Gasteiger partial charge is 0.227 e. The molecule has 1 atom stereocenters. The van der Waals surface area contributed by atoms with E-state index in [2.05, 4.69) is 11.4 Å². The second-order valence-electron chi connectivity index (χ2n) is 5.81. The molecule has 0 radical (unpaired) electrons. The summed E-state index contributed by atoms with van der Waals surface area (Å²) in [5, 5.41) is 3.51. The normalized spacial score (nSPS) is 22.0. The number of benzene rings is 1. The minimum Gasteiger partial charge on any atom is -0.355 e. The first-order chi connectivity index (χ1) is 10.6. The molecule has 0 spiro atoms. The van der Waals surface area contributed by atoms with E-state index >= 15 is 0 Å². The highest BCUT2D eigenvalue weighted by molar-refractivity contribution is 6.30. The van der Waals surface area contributed by atoms with Crippen molar-refractivity contribution in [3.05, 3.63) is 40.9 Å². The van der Waals surface area contributed by atoms with Crippen molar-refractivity contribution in [2.75, 3.05) is 19.6 Å². The lowest BCUT2D eigenvalue weighted by molar-refractivity contribution is -0.137. The van der Waals surface area contributed by atoms with Crippen LogP contribution in [0, 0.1) is 5.92 Å². The Hall–Kier alpha value is -1.81. The highest BCUT2D eigenvalue weighted by atomic mass is 35.5. The molecule has 2 heterocycles. The van der Waals surface area contributed by atoms with Gasteiger partial charge in [0.25, 0.3) is 0 Å². The number of carbonyl (C=O) groups is 2. The number of nitrogens with one attached hydrogen (secondary N) is 1. The molecule has 5 heteroatoms. The Morgan fingerprint density at radius 2 is 2.00 bits per heavy atom. The molecule has 22 heavy (non-hydrogen) atoms. The van der Waals surface area contributed by atoms with Crippen molar-refractivity contribution in [2.45, 2.75) is 19.3 Å². The van der Waals surface area contributed by atoms with Crippen LogP contribution < -0.4 is 5.32 Å². The minimum absolute atomic E-state index is 0.0487. The van der Waals surface area contributed by atoms with Crippen LogP contribution in [0.4, 0.5) is 0 Å². The zero-order chi connectivity index (χ0) is 15.5. The Morgan fingerprint density at radius 3 is 2.59 bits per heavy atom. The minimum atomic E-state index is -0.0665. The van der Waals surface area contributed by atoms with Crippen molar-refractivity contribution in [3.63, 3.8) is 0 Å². The SMILES string of the molecule is O=C1CC[C@@H](C(=O)N2CC=C(c3ccc(Cl)cc3)CC2)CN1. The summed E-state index contributed by atoms with van der Waals surface area (Å²) < 4.78 is 0. The predicted molar refractivity (Wildman–Crippen MR) is 86.4 cm³/mol. The Bertz CT molecular complexity index is 600. The fourth-order valence-corrected chi connectivity index (χ4v) is 3.12. The van der Waals surface area contributed by atoms with Crippen LogP contribution in [0.2, 0.25) is 5.02 Å². The van der Waals surface area contributed by atoms with Gasteiger partial charge >= 0.3 is 0 Å². The maximum Gasteiger partial charge on any atom is 0.227 e. The molecule has 1 aromatic carbocycles. The molecule has 1 aromatic rings. The number of nitrogens with zero attached hydrogens (tertiary/aromatic N) is 1. The summed E-state index contributed by atoms with van der Waals surface area (Å²) in [4.78, 5) is 25.5. The number of halogens is 1. The molecule has 1 fully saturated rings. The van der Waals surface area contributed by atoms with E-state index in [4.69, 9.17) is 11.6 Å². The lowest BCUT2D eigenvalue weighted by Crippen LogP contribution is -2.46. The Balaban J connectivity index is 1.61. The van der Waals surface area contributed by atoms with E-state index in [0.717, 1.165) is 18.0 Å². The van der Waals surface area contributed by atoms with Gasteiger partial charge in [0.15, 0.2) is 0 Å². The zero-order valence-corrected chi connectivity index (χ0v) is 13.1. The Labute approximate surface area is 135 Å². The van der Waals surface area contributed by atoms with E-state index < -0.39 is 0 Å². The molecule has 2 aliphatic rings. The summed E-state index contributed by atoms with van der Waals surface area (Å²) >= 11 is 5.91. The van der Waals surface area contributed by atoms with Gasteiger partial charge in [-0.25, -0.2) is 0 Å². The first-order valence-corrected chi connectivity index (χ1v) is 8.02. The van der Waals surface area contributed by atoms with E-state index in [-0.39, 0.29) is 17.7 Å². The second-order valence-corrected chi connectivity index (χ2v) is 6.25. The van der Waals surface area contributed by atoms with Gasteiger partial charge in [-0.1, -0.05) is 29.8 Å². The fourth-order valence-electron chi connectivity index (χ4n) is 3.00. The molecule has 4 nitrogen and oxygen atoms in total. The Morgan fingerprint density at radius 1 is 1.23 bits per heavy atom. The lowest BCUT2D eigenvalue weighted by atomic mass is 9.95. The van der Waals surface area contributed by atoms with E-state index in [9.17, 15) is 9.59 Å². The second kappa shape index (κ2) is 6.53. The molecule has 0 aromatic heterocycles. The van der Waals surface area contributed by atoms with Crippen LogP contribution in [0.5, 0.6) is 0 Å². The maximum absolute atomic E-state index is 12.5. The summed E-state index contributed by atoms with van der Waals surface area (Å²) in [5.74, 6) is 0.141. The van der Waals surface area contributed by atoms with Crippen LogP contribution in [0.1, 0.15) is 24.8 Å². The molecule has 1 N–H and O–H groups in total. The van der Waals surface area contributed by atoms with Crippen molar-refractivity contribution in [1.82, 2.24) is 10.2 Å². The molecule has 2 amide bonds. The van der Waals surface area contributed by atoms with Crippen molar-refractivity contribution >= 4 is 29.0 Å². The fraction of sp³-hybridized carbons (Fsp3) is 0.412. The molecule has 2 aliphatic heterocycles. The van der Waals surface area contributed by atoms with E-state index in [0.29, 0.717) is 25.9 Å². The maximum atomic E-state index is 12.5. The number of hydrogen-bond donors (Lipinski definition) is 1. The molecule has 3 rings (SSSR count). The van der Waals surface area contributed by atoms with Crippen LogP contribution >= 0.6 is 11.6 Å². The number of amides is 2. The largest absolute Gasteiger partial charge is 0.355 e. The van der Waals surface area contributed by atoms with Crippen LogP contribution in [0.25, 0.3) is 5.57 Å². The van der Waals surface area contributed by atoms with Crippen LogP contribution in [0.3, 0.4) is 0 Å². The lowest BCUT2D eigenvalue weighted by Gasteiger charge is -2.31. The van der Waals surface area contributed by atoms with Crippen molar-refractivity contribution in [3.8, 4) is 0 Å². The van der Waals surface area contributed by atoms with Crippen LogP contribution in [-0.4, -0.2) is 36.3 Å². The standard InChI is InChI=1S/C17H19ClN2O2/c18-15-4-1-12(2-5-15)13-7-9-20(10-8-13)17(22)14-3-6-16(21)19-11-14/h1-2,4-5,7,14H,3,6,8-11H2,(H,19,21)/t14-/m1/s1. The van der Waals surface area contributed by atoms with Crippen molar-refractivity contribution < 1.29 is 9.59 Å². The molecular weight excluding hydrogens is 300 g/mol. The van der Waals surface area contributed by atoms with E-state index in [1.54, 1.807) is 0 Å².